The number of fused-ring (bicyclic) bond motifs is 1. The number of aryl methyl sites for hydroxylation is 1. The Morgan fingerprint density at radius 2 is 2.00 bits per heavy atom. The zero-order valence-electron chi connectivity index (χ0n) is 10.8. The number of nitrogens with zero attached hydrogens (tertiary/aromatic N) is 1. The molecular formula is C16H17BrN2. The SMILES string of the molecule is Nc1cc(CN2CCCc3ccccc32)ccc1Br. The molecule has 0 atom stereocenters. The van der Waals surface area contributed by atoms with Crippen LogP contribution in [0.25, 0.3) is 0 Å². The molecule has 0 aromatic heterocycles. The Bertz CT molecular complexity index is 595. The summed E-state index contributed by atoms with van der Waals surface area (Å²) >= 11 is 3.44. The Balaban J connectivity index is 1.86. The normalized spacial score (nSPS) is 14.3. The first-order chi connectivity index (χ1) is 9.24. The van der Waals surface area contributed by atoms with Crippen molar-refractivity contribution in [2.24, 2.45) is 0 Å². The highest BCUT2D eigenvalue weighted by molar-refractivity contribution is 9.10. The van der Waals surface area contributed by atoms with Crippen LogP contribution in [0, 0.1) is 0 Å². The van der Waals surface area contributed by atoms with Gasteiger partial charge >= 0.3 is 0 Å². The number of para-hydroxylation sites is 1. The highest BCUT2D eigenvalue weighted by atomic mass is 79.9. The average Bonchev–Trinajstić information content (AvgIpc) is 2.43. The zero-order chi connectivity index (χ0) is 13.2. The van der Waals surface area contributed by atoms with Crippen molar-refractivity contribution < 1.29 is 0 Å². The second-order valence-electron chi connectivity index (χ2n) is 5.01. The fourth-order valence-electron chi connectivity index (χ4n) is 2.69. The molecule has 0 unspecified atom stereocenters. The molecule has 19 heavy (non-hydrogen) atoms. The van der Waals surface area contributed by atoms with Gasteiger partial charge in [-0.3, -0.25) is 0 Å². The number of anilines is 2. The molecular weight excluding hydrogens is 300 g/mol. The summed E-state index contributed by atoms with van der Waals surface area (Å²) < 4.78 is 0.968. The molecule has 0 aliphatic carbocycles. The molecule has 0 saturated heterocycles. The van der Waals surface area contributed by atoms with E-state index >= 15 is 0 Å². The fourth-order valence-corrected chi connectivity index (χ4v) is 2.93. The van der Waals surface area contributed by atoms with Crippen LogP contribution in [0.15, 0.2) is 46.9 Å². The van der Waals surface area contributed by atoms with Gasteiger partial charge < -0.3 is 10.6 Å². The van der Waals surface area contributed by atoms with E-state index in [0.29, 0.717) is 0 Å². The molecule has 1 aliphatic heterocycles. The lowest BCUT2D eigenvalue weighted by Gasteiger charge is -2.31. The van der Waals surface area contributed by atoms with Crippen LogP contribution >= 0.6 is 15.9 Å². The third-order valence-corrected chi connectivity index (χ3v) is 4.36. The molecule has 0 fully saturated rings. The number of nitrogen functional groups attached to an aromatic ring is 1. The molecule has 2 N–H and O–H groups in total. The zero-order valence-corrected chi connectivity index (χ0v) is 12.4. The highest BCUT2D eigenvalue weighted by Crippen LogP contribution is 2.29. The van der Waals surface area contributed by atoms with Gasteiger partial charge in [0.15, 0.2) is 0 Å². The Morgan fingerprint density at radius 3 is 2.84 bits per heavy atom. The first-order valence-electron chi connectivity index (χ1n) is 6.61. The van der Waals surface area contributed by atoms with E-state index in [1.807, 2.05) is 6.07 Å². The van der Waals surface area contributed by atoms with Gasteiger partial charge in [0.05, 0.1) is 0 Å². The van der Waals surface area contributed by atoms with E-state index in [2.05, 4.69) is 57.2 Å². The molecule has 3 heteroatoms. The van der Waals surface area contributed by atoms with E-state index in [4.69, 9.17) is 5.73 Å². The summed E-state index contributed by atoms with van der Waals surface area (Å²) in [6.07, 6.45) is 2.41. The van der Waals surface area contributed by atoms with Gasteiger partial charge in [0.1, 0.15) is 0 Å². The molecule has 0 radical (unpaired) electrons. The molecule has 0 amide bonds. The maximum atomic E-state index is 5.95. The molecule has 2 nitrogen and oxygen atoms in total. The van der Waals surface area contributed by atoms with Crippen molar-refractivity contribution in [2.75, 3.05) is 17.2 Å². The van der Waals surface area contributed by atoms with Gasteiger partial charge in [-0.25, -0.2) is 0 Å². The number of hydrogen-bond acceptors (Lipinski definition) is 2. The minimum atomic E-state index is 0.808. The average molecular weight is 317 g/mol. The first kappa shape index (κ1) is 12.5. The van der Waals surface area contributed by atoms with E-state index in [0.717, 1.165) is 23.2 Å². The minimum Gasteiger partial charge on any atom is -0.398 e. The number of rotatable bonds is 2. The van der Waals surface area contributed by atoms with Crippen molar-refractivity contribution in [3.63, 3.8) is 0 Å². The highest BCUT2D eigenvalue weighted by Gasteiger charge is 2.16. The van der Waals surface area contributed by atoms with Crippen molar-refractivity contribution in [3.8, 4) is 0 Å². The molecule has 1 heterocycles. The largest absolute Gasteiger partial charge is 0.398 e. The molecule has 2 aromatic carbocycles. The topological polar surface area (TPSA) is 29.3 Å². The summed E-state index contributed by atoms with van der Waals surface area (Å²) in [7, 11) is 0. The van der Waals surface area contributed by atoms with Crippen LogP contribution in [-0.4, -0.2) is 6.54 Å². The lowest BCUT2D eigenvalue weighted by atomic mass is 10.0. The Kier molecular flexibility index (Phi) is 3.47. The van der Waals surface area contributed by atoms with Crippen molar-refractivity contribution in [3.05, 3.63) is 58.1 Å². The number of benzene rings is 2. The van der Waals surface area contributed by atoms with E-state index < -0.39 is 0 Å². The maximum Gasteiger partial charge on any atom is 0.0461 e. The van der Waals surface area contributed by atoms with E-state index in [-0.39, 0.29) is 0 Å². The predicted molar refractivity (Wildman–Crippen MR) is 84.4 cm³/mol. The quantitative estimate of drug-likeness (QED) is 0.849. The van der Waals surface area contributed by atoms with Crippen LogP contribution in [0.3, 0.4) is 0 Å². The van der Waals surface area contributed by atoms with Crippen molar-refractivity contribution in [1.29, 1.82) is 0 Å². The Labute approximate surface area is 122 Å². The molecule has 0 bridgehead atoms. The molecule has 0 saturated carbocycles. The van der Waals surface area contributed by atoms with E-state index in [1.165, 1.54) is 29.7 Å². The monoisotopic (exact) mass is 316 g/mol. The predicted octanol–water partition coefficient (Wildman–Crippen LogP) is 3.98. The van der Waals surface area contributed by atoms with Crippen LogP contribution in [0.2, 0.25) is 0 Å². The molecule has 98 valence electrons. The number of halogens is 1. The van der Waals surface area contributed by atoms with Gasteiger partial charge in [0, 0.05) is 28.9 Å². The van der Waals surface area contributed by atoms with Gasteiger partial charge in [0.2, 0.25) is 0 Å². The van der Waals surface area contributed by atoms with Crippen molar-refractivity contribution in [1.82, 2.24) is 0 Å². The van der Waals surface area contributed by atoms with Gasteiger partial charge in [-0.05, 0) is 58.1 Å². The standard InChI is InChI=1S/C16H17BrN2/c17-14-8-7-12(10-15(14)18)11-19-9-3-5-13-4-1-2-6-16(13)19/h1-2,4,6-8,10H,3,5,9,11,18H2. The minimum absolute atomic E-state index is 0.808. The summed E-state index contributed by atoms with van der Waals surface area (Å²) in [5, 5.41) is 0. The van der Waals surface area contributed by atoms with Gasteiger partial charge in [0.25, 0.3) is 0 Å². The van der Waals surface area contributed by atoms with Crippen molar-refractivity contribution in [2.45, 2.75) is 19.4 Å². The fraction of sp³-hybridized carbons (Fsp3) is 0.250. The van der Waals surface area contributed by atoms with Gasteiger partial charge in [-0.15, -0.1) is 0 Å². The van der Waals surface area contributed by atoms with Crippen LogP contribution in [-0.2, 0) is 13.0 Å². The lowest BCUT2D eigenvalue weighted by molar-refractivity contribution is 0.691. The summed E-state index contributed by atoms with van der Waals surface area (Å²) in [5.41, 5.74) is 10.9. The Hall–Kier alpha value is -1.48. The summed E-state index contributed by atoms with van der Waals surface area (Å²) in [6.45, 7) is 2.04. The molecule has 0 spiro atoms. The van der Waals surface area contributed by atoms with Crippen LogP contribution in [0.4, 0.5) is 11.4 Å². The third-order valence-electron chi connectivity index (χ3n) is 3.64. The molecule has 3 rings (SSSR count). The third kappa shape index (κ3) is 2.61. The number of hydrogen-bond donors (Lipinski definition) is 1. The number of nitrogens with two attached hydrogens (primary N) is 1. The second-order valence-corrected chi connectivity index (χ2v) is 5.86. The van der Waals surface area contributed by atoms with Crippen LogP contribution in [0.5, 0.6) is 0 Å². The second kappa shape index (κ2) is 5.25. The molecule has 1 aliphatic rings. The summed E-state index contributed by atoms with van der Waals surface area (Å²) in [4.78, 5) is 2.45. The van der Waals surface area contributed by atoms with Crippen LogP contribution in [0.1, 0.15) is 17.5 Å². The smallest absolute Gasteiger partial charge is 0.0461 e. The van der Waals surface area contributed by atoms with Crippen LogP contribution < -0.4 is 10.6 Å². The lowest BCUT2D eigenvalue weighted by Crippen LogP contribution is -2.28. The maximum absolute atomic E-state index is 5.95. The van der Waals surface area contributed by atoms with E-state index in [9.17, 15) is 0 Å². The Morgan fingerprint density at radius 1 is 1.16 bits per heavy atom. The summed E-state index contributed by atoms with van der Waals surface area (Å²) in [5.74, 6) is 0. The van der Waals surface area contributed by atoms with Gasteiger partial charge in [-0.1, -0.05) is 24.3 Å². The first-order valence-corrected chi connectivity index (χ1v) is 7.40. The van der Waals surface area contributed by atoms with Crippen molar-refractivity contribution >= 4 is 27.3 Å². The summed E-state index contributed by atoms with van der Waals surface area (Å²) in [6, 6.07) is 14.9. The van der Waals surface area contributed by atoms with E-state index in [1.54, 1.807) is 0 Å². The molecule has 2 aromatic rings. The van der Waals surface area contributed by atoms with Gasteiger partial charge in [-0.2, -0.15) is 0 Å².